The molecule has 8 heteroatoms. The van der Waals surface area contributed by atoms with Gasteiger partial charge in [-0.05, 0) is 59.1 Å². The van der Waals surface area contributed by atoms with Gasteiger partial charge in [0.15, 0.2) is 0 Å². The Morgan fingerprint density at radius 3 is 1.17 bits per heavy atom. The molecule has 0 N–H and O–H groups in total. The minimum absolute atomic E-state index is 0.785. The molecule has 0 radical (unpaired) electrons. The van der Waals surface area contributed by atoms with Gasteiger partial charge in [0.05, 0.1) is 35.0 Å². The van der Waals surface area contributed by atoms with E-state index in [0.29, 0.717) is 0 Å². The fourth-order valence-electron chi connectivity index (χ4n) is 2.54. The first-order valence-electron chi connectivity index (χ1n) is 6.98. The summed E-state index contributed by atoms with van der Waals surface area (Å²) in [6, 6.07) is 11.0. The van der Waals surface area contributed by atoms with Gasteiger partial charge >= 0.3 is 0 Å². The zero-order valence-electron chi connectivity index (χ0n) is 13.0. The molecule has 0 atom stereocenters. The third kappa shape index (κ3) is 2.56. The molecule has 0 bridgehead atoms. The number of thiocarbonyl (C=S) groups is 2. The molecular formula is C16H14O2P2S4. The number of methoxy groups -OCH3 is 2. The monoisotopic (exact) mass is 428 g/mol. The summed E-state index contributed by atoms with van der Waals surface area (Å²) < 4.78 is 12.0. The summed E-state index contributed by atoms with van der Waals surface area (Å²) in [6.45, 7) is 0. The summed E-state index contributed by atoms with van der Waals surface area (Å²) in [5.41, 5.74) is 0. The van der Waals surface area contributed by atoms with Crippen molar-refractivity contribution in [2.45, 2.75) is 0 Å². The molecule has 0 unspecified atom stereocenters. The van der Waals surface area contributed by atoms with E-state index >= 15 is 0 Å². The lowest BCUT2D eigenvalue weighted by Gasteiger charge is -2.44. The predicted octanol–water partition coefficient (Wildman–Crippen LogP) is 4.20. The molecule has 3 rings (SSSR count). The molecule has 2 aromatic carbocycles. The van der Waals surface area contributed by atoms with Crippen molar-refractivity contribution in [2.24, 2.45) is 0 Å². The SMILES string of the molecule is COc1ccc(P2(=S)C(=S)P(=S)(c3ccc(OC)cc3)C2=S)cc1. The summed E-state index contributed by atoms with van der Waals surface area (Å²) >= 11 is 23.4. The molecule has 2 nitrogen and oxygen atoms in total. The molecule has 0 amide bonds. The number of ether oxygens (including phenoxy) is 2. The van der Waals surface area contributed by atoms with Crippen molar-refractivity contribution in [3.63, 3.8) is 0 Å². The van der Waals surface area contributed by atoms with E-state index in [1.165, 1.54) is 0 Å². The van der Waals surface area contributed by atoms with Crippen molar-refractivity contribution in [3.8, 4) is 11.5 Å². The highest BCUT2D eigenvalue weighted by atomic mass is 32.5. The van der Waals surface area contributed by atoms with E-state index in [2.05, 4.69) is 0 Å². The largest absolute Gasteiger partial charge is 0.497 e. The van der Waals surface area contributed by atoms with Gasteiger partial charge in [0, 0.05) is 0 Å². The maximum atomic E-state index is 5.94. The Kier molecular flexibility index (Phi) is 5.10. The van der Waals surface area contributed by atoms with Gasteiger partial charge < -0.3 is 9.47 Å². The zero-order chi connectivity index (χ0) is 17.5. The molecule has 0 spiro atoms. The first-order valence-corrected chi connectivity index (χ1v) is 13.4. The number of benzene rings is 2. The Morgan fingerprint density at radius 1 is 0.625 bits per heavy atom. The van der Waals surface area contributed by atoms with Crippen molar-refractivity contribution in [1.29, 1.82) is 0 Å². The van der Waals surface area contributed by atoms with Gasteiger partial charge in [0.25, 0.3) is 0 Å². The summed E-state index contributed by atoms with van der Waals surface area (Å²) in [7, 11) is 3.27. The fourth-order valence-corrected chi connectivity index (χ4v) is 19.5. The Balaban J connectivity index is 2.00. The van der Waals surface area contributed by atoms with Crippen molar-refractivity contribution in [1.82, 2.24) is 0 Å². The van der Waals surface area contributed by atoms with Crippen molar-refractivity contribution < 1.29 is 9.47 Å². The summed E-state index contributed by atoms with van der Waals surface area (Å²) in [5.74, 6) is 1.57. The average molecular weight is 429 g/mol. The van der Waals surface area contributed by atoms with Crippen LogP contribution >= 0.6 is 36.5 Å². The van der Waals surface area contributed by atoms with Crippen LogP contribution in [0.4, 0.5) is 0 Å². The summed E-state index contributed by atoms with van der Waals surface area (Å²) in [6.07, 6.45) is 0. The van der Waals surface area contributed by atoms with Crippen molar-refractivity contribution in [3.05, 3.63) is 48.5 Å². The van der Waals surface area contributed by atoms with Gasteiger partial charge in [-0.1, -0.05) is 48.0 Å². The van der Waals surface area contributed by atoms with Crippen molar-refractivity contribution in [2.75, 3.05) is 14.2 Å². The highest BCUT2D eigenvalue weighted by molar-refractivity contribution is 8.74. The smallest absolute Gasteiger partial charge is 0.118 e. The number of rotatable bonds is 4. The Labute approximate surface area is 162 Å². The van der Waals surface area contributed by atoms with Crippen LogP contribution in [-0.2, 0) is 23.6 Å². The maximum absolute atomic E-state index is 5.94. The van der Waals surface area contributed by atoms with Gasteiger partial charge in [-0.15, -0.1) is 0 Å². The highest BCUT2D eigenvalue weighted by Crippen LogP contribution is 2.81. The van der Waals surface area contributed by atoms with Gasteiger partial charge in [-0.25, -0.2) is 0 Å². The Hall–Kier alpha value is -0.480. The number of hydrogen-bond donors (Lipinski definition) is 0. The Morgan fingerprint density at radius 2 is 0.917 bits per heavy atom. The topological polar surface area (TPSA) is 18.5 Å². The van der Waals surface area contributed by atoms with E-state index in [1.807, 2.05) is 48.5 Å². The van der Waals surface area contributed by atoms with Crippen molar-refractivity contribution >= 4 is 79.4 Å². The molecule has 1 aliphatic heterocycles. The molecule has 24 heavy (non-hydrogen) atoms. The standard InChI is InChI=1S/C16H14O2P2S4/c1-17-11-3-7-13(8-4-11)19(23)15(21)20(24,16(19)22)14-9-5-12(18-2)6-10-14/h3-10H,1-2H3. The second-order valence-corrected chi connectivity index (χ2v) is 16.5. The molecule has 1 saturated heterocycles. The third-order valence-corrected chi connectivity index (χ3v) is 21.5. The molecular weight excluding hydrogens is 414 g/mol. The van der Waals surface area contributed by atoms with Crippen LogP contribution in [0.25, 0.3) is 0 Å². The van der Waals surface area contributed by atoms with Gasteiger partial charge in [-0.3, -0.25) is 0 Å². The van der Waals surface area contributed by atoms with Crippen LogP contribution in [0.2, 0.25) is 0 Å². The first kappa shape index (κ1) is 18.3. The lowest BCUT2D eigenvalue weighted by atomic mass is 10.3. The van der Waals surface area contributed by atoms with E-state index in [-0.39, 0.29) is 0 Å². The molecule has 124 valence electrons. The summed E-state index contributed by atoms with van der Waals surface area (Å²) in [5, 5.41) is 2.00. The minimum Gasteiger partial charge on any atom is -0.497 e. The molecule has 1 heterocycles. The lowest BCUT2D eigenvalue weighted by Crippen LogP contribution is -2.33. The van der Waals surface area contributed by atoms with Crippen LogP contribution < -0.4 is 20.1 Å². The van der Waals surface area contributed by atoms with Gasteiger partial charge in [0.1, 0.15) is 11.5 Å². The molecule has 0 aromatic heterocycles. The zero-order valence-corrected chi connectivity index (χ0v) is 18.0. The predicted molar refractivity (Wildman–Crippen MR) is 119 cm³/mol. The Bertz CT molecular complexity index is 823. The van der Waals surface area contributed by atoms with Crippen LogP contribution in [0, 0.1) is 0 Å². The molecule has 0 saturated carbocycles. The molecule has 1 fully saturated rings. The molecule has 2 aromatic rings. The molecule has 0 aliphatic carbocycles. The van der Waals surface area contributed by atoms with E-state index in [0.717, 1.165) is 30.8 Å². The summed E-state index contributed by atoms with van der Waals surface area (Å²) in [4.78, 5) is 0. The average Bonchev–Trinajstić information content (AvgIpc) is 2.65. The van der Waals surface area contributed by atoms with E-state index in [1.54, 1.807) is 14.2 Å². The van der Waals surface area contributed by atoms with E-state index < -0.39 is 12.1 Å². The van der Waals surface area contributed by atoms with Crippen LogP contribution in [0.5, 0.6) is 11.5 Å². The lowest BCUT2D eigenvalue weighted by molar-refractivity contribution is 0.415. The van der Waals surface area contributed by atoms with Gasteiger partial charge in [0.2, 0.25) is 0 Å². The fraction of sp³-hybridized carbons (Fsp3) is 0.125. The first-order chi connectivity index (χ1) is 11.4. The van der Waals surface area contributed by atoms with Gasteiger partial charge in [-0.2, -0.15) is 0 Å². The molecule has 1 aliphatic rings. The maximum Gasteiger partial charge on any atom is 0.118 e. The second-order valence-electron chi connectivity index (χ2n) is 5.18. The van der Waals surface area contributed by atoms with E-state index in [4.69, 9.17) is 57.5 Å². The minimum atomic E-state index is -2.21. The van der Waals surface area contributed by atoms with Crippen LogP contribution in [0.1, 0.15) is 0 Å². The van der Waals surface area contributed by atoms with E-state index in [9.17, 15) is 0 Å². The quantitative estimate of drug-likeness (QED) is 0.533. The number of hydrogen-bond acceptors (Lipinski definition) is 6. The highest BCUT2D eigenvalue weighted by Gasteiger charge is 2.54. The van der Waals surface area contributed by atoms with Crippen LogP contribution in [0.15, 0.2) is 48.5 Å². The van der Waals surface area contributed by atoms with Crippen LogP contribution in [-0.4, -0.2) is 22.9 Å². The third-order valence-electron chi connectivity index (χ3n) is 3.95. The second kappa shape index (κ2) is 6.68. The normalized spacial score (nSPS) is 25.9. The van der Waals surface area contributed by atoms with Crippen LogP contribution in [0.3, 0.4) is 0 Å².